The van der Waals surface area contributed by atoms with Crippen molar-refractivity contribution in [3.63, 3.8) is 0 Å². The van der Waals surface area contributed by atoms with E-state index in [0.717, 1.165) is 25.1 Å². The Morgan fingerprint density at radius 1 is 1.40 bits per heavy atom. The maximum Gasteiger partial charge on any atom is 0.157 e. The second-order valence-electron chi connectivity index (χ2n) is 5.82. The molecule has 1 aliphatic rings. The lowest BCUT2D eigenvalue weighted by Crippen LogP contribution is -2.54. The van der Waals surface area contributed by atoms with E-state index >= 15 is 0 Å². The van der Waals surface area contributed by atoms with E-state index in [1.54, 1.807) is 6.20 Å². The Bertz CT molecular complexity index is 469. The lowest BCUT2D eigenvalue weighted by molar-refractivity contribution is -0.130. The summed E-state index contributed by atoms with van der Waals surface area (Å²) in [5, 5.41) is 0. The van der Waals surface area contributed by atoms with Gasteiger partial charge >= 0.3 is 0 Å². The van der Waals surface area contributed by atoms with E-state index in [1.807, 2.05) is 12.1 Å². The lowest BCUT2D eigenvalue weighted by atomic mass is 9.86. The van der Waals surface area contributed by atoms with Crippen molar-refractivity contribution in [3.8, 4) is 0 Å². The Labute approximate surface area is 121 Å². The van der Waals surface area contributed by atoms with Crippen LogP contribution in [0.4, 0.5) is 5.82 Å². The second kappa shape index (κ2) is 6.35. The number of Topliss-reactive ketones (excluding diaryl/α,β-unsaturated/α-hetero) is 1. The molecular weight excluding hydrogens is 250 g/mol. The van der Waals surface area contributed by atoms with Gasteiger partial charge in [-0.1, -0.05) is 19.4 Å². The molecule has 0 aromatic carbocycles. The van der Waals surface area contributed by atoms with Crippen LogP contribution in [0.25, 0.3) is 0 Å². The maximum absolute atomic E-state index is 12.8. The Balaban J connectivity index is 2.14. The minimum atomic E-state index is -0.372. The first kappa shape index (κ1) is 15.0. The molecule has 0 spiro atoms. The molecule has 1 aliphatic heterocycles. The van der Waals surface area contributed by atoms with Crippen molar-refractivity contribution in [3.05, 3.63) is 23.9 Å². The maximum atomic E-state index is 12.8. The molecule has 2 heterocycles. The number of nitrogens with zero attached hydrogens (tertiary/aromatic N) is 2. The number of nitrogen functional groups attached to an aromatic ring is 1. The average Bonchev–Trinajstić information content (AvgIpc) is 2.49. The zero-order valence-corrected chi connectivity index (χ0v) is 12.6. The van der Waals surface area contributed by atoms with Crippen molar-refractivity contribution >= 4 is 11.6 Å². The minimum Gasteiger partial charge on any atom is -0.383 e. The Morgan fingerprint density at radius 3 is 2.70 bits per heavy atom. The van der Waals surface area contributed by atoms with Crippen LogP contribution in [0, 0.1) is 0 Å². The zero-order valence-electron chi connectivity index (χ0n) is 12.6. The Kier molecular flexibility index (Phi) is 4.76. The average molecular weight is 275 g/mol. The molecule has 0 bridgehead atoms. The van der Waals surface area contributed by atoms with E-state index in [9.17, 15) is 4.79 Å². The van der Waals surface area contributed by atoms with Gasteiger partial charge in [0.05, 0.1) is 5.54 Å². The highest BCUT2D eigenvalue weighted by molar-refractivity contribution is 5.90. The SMILES string of the molecule is CCC(C)(C(=O)Cc1cccnc1N)N1CCCCC1. The fourth-order valence-corrected chi connectivity index (χ4v) is 2.95. The van der Waals surface area contributed by atoms with E-state index in [1.165, 1.54) is 19.3 Å². The third-order valence-corrected chi connectivity index (χ3v) is 4.62. The highest BCUT2D eigenvalue weighted by Gasteiger charge is 2.37. The van der Waals surface area contributed by atoms with E-state index < -0.39 is 0 Å². The number of pyridine rings is 1. The van der Waals surface area contributed by atoms with Crippen LogP contribution >= 0.6 is 0 Å². The molecule has 2 rings (SSSR count). The molecule has 20 heavy (non-hydrogen) atoms. The van der Waals surface area contributed by atoms with Gasteiger partial charge in [-0.15, -0.1) is 0 Å². The van der Waals surface area contributed by atoms with Crippen molar-refractivity contribution in [2.75, 3.05) is 18.8 Å². The molecule has 0 aliphatic carbocycles. The summed E-state index contributed by atoms with van der Waals surface area (Å²) >= 11 is 0. The number of hydrogen-bond acceptors (Lipinski definition) is 4. The number of aromatic nitrogens is 1. The third kappa shape index (κ3) is 3.01. The molecule has 2 N–H and O–H groups in total. The quantitative estimate of drug-likeness (QED) is 0.896. The standard InChI is InChI=1S/C16H25N3O/c1-3-16(2,19-10-5-4-6-11-19)14(20)12-13-8-7-9-18-15(13)17/h7-9H,3-6,10-12H2,1-2H3,(H2,17,18). The molecule has 4 nitrogen and oxygen atoms in total. The first-order valence-electron chi connectivity index (χ1n) is 7.55. The van der Waals surface area contributed by atoms with Gasteiger partial charge in [-0.3, -0.25) is 9.69 Å². The lowest BCUT2D eigenvalue weighted by Gasteiger charge is -2.42. The number of anilines is 1. The first-order chi connectivity index (χ1) is 9.58. The van der Waals surface area contributed by atoms with E-state index in [4.69, 9.17) is 5.73 Å². The highest BCUT2D eigenvalue weighted by Crippen LogP contribution is 2.27. The van der Waals surface area contributed by atoms with Crippen molar-refractivity contribution in [2.45, 2.75) is 51.5 Å². The van der Waals surface area contributed by atoms with E-state index in [-0.39, 0.29) is 11.3 Å². The molecule has 1 aromatic rings. The van der Waals surface area contributed by atoms with Gasteiger partial charge in [-0.2, -0.15) is 0 Å². The monoisotopic (exact) mass is 275 g/mol. The number of ketones is 1. The number of piperidine rings is 1. The summed E-state index contributed by atoms with van der Waals surface area (Å²) < 4.78 is 0. The number of carbonyl (C=O) groups is 1. The molecule has 1 unspecified atom stereocenters. The van der Waals surface area contributed by atoms with Crippen LogP contribution in [0.1, 0.15) is 45.1 Å². The van der Waals surface area contributed by atoms with Gasteiger partial charge in [-0.25, -0.2) is 4.98 Å². The summed E-state index contributed by atoms with van der Waals surface area (Å²) in [6.07, 6.45) is 6.54. The predicted molar refractivity (Wildman–Crippen MR) is 81.5 cm³/mol. The van der Waals surface area contributed by atoms with Crippen molar-refractivity contribution < 1.29 is 4.79 Å². The number of rotatable bonds is 5. The molecule has 4 heteroatoms. The van der Waals surface area contributed by atoms with Crippen molar-refractivity contribution in [1.82, 2.24) is 9.88 Å². The topological polar surface area (TPSA) is 59.2 Å². The van der Waals surface area contributed by atoms with Gasteiger partial charge < -0.3 is 5.73 Å². The van der Waals surface area contributed by atoms with Gasteiger partial charge in [0.25, 0.3) is 0 Å². The number of likely N-dealkylation sites (tertiary alicyclic amines) is 1. The number of hydrogen-bond donors (Lipinski definition) is 1. The zero-order chi connectivity index (χ0) is 14.6. The van der Waals surface area contributed by atoms with Crippen LogP contribution < -0.4 is 5.73 Å². The summed E-state index contributed by atoms with van der Waals surface area (Å²) in [6.45, 7) is 6.23. The van der Waals surface area contributed by atoms with Crippen LogP contribution in [0.5, 0.6) is 0 Å². The van der Waals surface area contributed by atoms with Gasteiger partial charge in [0.2, 0.25) is 0 Å². The van der Waals surface area contributed by atoms with Gasteiger partial charge in [-0.05, 0) is 45.3 Å². The second-order valence-corrected chi connectivity index (χ2v) is 5.82. The van der Waals surface area contributed by atoms with Crippen LogP contribution in [-0.2, 0) is 11.2 Å². The Morgan fingerprint density at radius 2 is 2.10 bits per heavy atom. The molecule has 110 valence electrons. The predicted octanol–water partition coefficient (Wildman–Crippen LogP) is 2.43. The smallest absolute Gasteiger partial charge is 0.157 e. The first-order valence-corrected chi connectivity index (χ1v) is 7.55. The molecule has 1 saturated heterocycles. The van der Waals surface area contributed by atoms with Gasteiger partial charge in [0.1, 0.15) is 5.82 Å². The number of carbonyl (C=O) groups excluding carboxylic acids is 1. The molecule has 0 amide bonds. The summed E-state index contributed by atoms with van der Waals surface area (Å²) in [6, 6.07) is 3.73. The minimum absolute atomic E-state index is 0.251. The molecule has 1 atom stereocenters. The van der Waals surface area contributed by atoms with Gasteiger partial charge in [0.15, 0.2) is 5.78 Å². The van der Waals surface area contributed by atoms with Crippen LogP contribution in [0.3, 0.4) is 0 Å². The molecule has 1 aromatic heterocycles. The van der Waals surface area contributed by atoms with Crippen molar-refractivity contribution in [2.24, 2.45) is 0 Å². The molecule has 0 radical (unpaired) electrons. The fraction of sp³-hybridized carbons (Fsp3) is 0.625. The highest BCUT2D eigenvalue weighted by atomic mass is 16.1. The number of nitrogens with two attached hydrogens (primary N) is 1. The van der Waals surface area contributed by atoms with Crippen LogP contribution in [-0.4, -0.2) is 34.3 Å². The molecule has 1 fully saturated rings. The van der Waals surface area contributed by atoms with E-state index in [0.29, 0.717) is 12.2 Å². The van der Waals surface area contributed by atoms with Crippen molar-refractivity contribution in [1.29, 1.82) is 0 Å². The van der Waals surface area contributed by atoms with Crippen LogP contribution in [0.15, 0.2) is 18.3 Å². The van der Waals surface area contributed by atoms with Gasteiger partial charge in [0, 0.05) is 18.2 Å². The van der Waals surface area contributed by atoms with Crippen LogP contribution in [0.2, 0.25) is 0 Å². The third-order valence-electron chi connectivity index (χ3n) is 4.62. The summed E-state index contributed by atoms with van der Waals surface area (Å²) in [5.74, 6) is 0.722. The summed E-state index contributed by atoms with van der Waals surface area (Å²) in [5.41, 5.74) is 6.32. The largest absolute Gasteiger partial charge is 0.383 e. The Hall–Kier alpha value is -1.42. The molecule has 0 saturated carbocycles. The summed E-state index contributed by atoms with van der Waals surface area (Å²) in [7, 11) is 0. The summed E-state index contributed by atoms with van der Waals surface area (Å²) in [4.78, 5) is 19.2. The molecular formula is C16H25N3O. The van der Waals surface area contributed by atoms with E-state index in [2.05, 4.69) is 23.7 Å². The normalized spacial score (nSPS) is 19.5. The fourth-order valence-electron chi connectivity index (χ4n) is 2.95.